The molecule has 3 amide bonds. The fourth-order valence-corrected chi connectivity index (χ4v) is 7.41. The number of nitrogens with one attached hydrogen (secondary N) is 3. The normalized spacial score (nSPS) is 33.9. The number of phenolic OH excluding ortho intramolecular Hbond substituents is 1. The number of carbonyl (C=O) groups is 4. The first-order chi connectivity index (χ1) is 24.8. The monoisotopic (exact) mass is 722 g/mol. The molecule has 1 aromatic rings. The molecule has 4 heterocycles. The number of phenols is 1. The number of ether oxygens (including phenoxy) is 3. The molecule has 5 rings (SSSR count). The van der Waals surface area contributed by atoms with Crippen LogP contribution in [0.2, 0.25) is 0 Å². The molecule has 0 spiro atoms. The van der Waals surface area contributed by atoms with E-state index in [2.05, 4.69) is 16.1 Å². The molecule has 52 heavy (non-hydrogen) atoms. The Bertz CT molecular complexity index is 1560. The SMILES string of the molecule is CC(=CCO)C1CC=CC=CC2OC3(C)CCC(C(=O)NC(C(C)C)C(=O)NC(Cc4cccc(O)c4)C(=O)N4CCCC(N4)C(=O)O1)C(O3)C2C. The van der Waals surface area contributed by atoms with Crippen LogP contribution in [0.25, 0.3) is 0 Å². The summed E-state index contributed by atoms with van der Waals surface area (Å²) in [6.45, 7) is 9.37. The van der Waals surface area contributed by atoms with Crippen LogP contribution in [0.15, 0.2) is 60.2 Å². The van der Waals surface area contributed by atoms with Crippen LogP contribution >= 0.6 is 0 Å². The van der Waals surface area contributed by atoms with Crippen LogP contribution in [0.5, 0.6) is 5.75 Å². The van der Waals surface area contributed by atoms with E-state index in [4.69, 9.17) is 14.2 Å². The van der Waals surface area contributed by atoms with Gasteiger partial charge in [0.25, 0.3) is 5.91 Å². The number of allylic oxidation sites excluding steroid dienone is 2. The smallest absolute Gasteiger partial charge is 0.325 e. The average molecular weight is 723 g/mol. The molecule has 13 nitrogen and oxygen atoms in total. The molecule has 9 unspecified atom stereocenters. The lowest BCUT2D eigenvalue weighted by molar-refractivity contribution is -0.344. The predicted molar refractivity (Wildman–Crippen MR) is 192 cm³/mol. The van der Waals surface area contributed by atoms with Gasteiger partial charge in [0, 0.05) is 31.7 Å². The zero-order chi connectivity index (χ0) is 37.6. The van der Waals surface area contributed by atoms with E-state index in [1.54, 1.807) is 25.1 Å². The van der Waals surface area contributed by atoms with Crippen molar-refractivity contribution in [2.45, 2.75) is 115 Å². The lowest BCUT2D eigenvalue weighted by Gasteiger charge is -2.51. The number of hydrogen-bond acceptors (Lipinski definition) is 10. The van der Waals surface area contributed by atoms with Gasteiger partial charge in [-0.25, -0.2) is 5.43 Å². The second-order valence-electron chi connectivity index (χ2n) is 14.9. The Morgan fingerprint density at radius 3 is 2.62 bits per heavy atom. The van der Waals surface area contributed by atoms with E-state index in [9.17, 15) is 29.4 Å². The molecule has 13 heteroatoms. The average Bonchev–Trinajstić information content (AvgIpc) is 3.10. The van der Waals surface area contributed by atoms with Crippen LogP contribution < -0.4 is 16.1 Å². The first kappa shape index (κ1) is 39.2. The Morgan fingerprint density at radius 2 is 1.88 bits per heavy atom. The highest BCUT2D eigenvalue weighted by Crippen LogP contribution is 2.44. The summed E-state index contributed by atoms with van der Waals surface area (Å²) in [6.07, 6.45) is 9.99. The number of fused-ring (bicyclic) bond motifs is 4. The number of hydrogen-bond donors (Lipinski definition) is 5. The fourth-order valence-electron chi connectivity index (χ4n) is 7.41. The number of nitrogens with zero attached hydrogens (tertiary/aromatic N) is 1. The molecule has 0 aliphatic carbocycles. The molecule has 4 aliphatic rings. The van der Waals surface area contributed by atoms with E-state index in [0.29, 0.717) is 43.2 Å². The maximum absolute atomic E-state index is 14.2. The van der Waals surface area contributed by atoms with E-state index in [1.807, 2.05) is 52.0 Å². The minimum Gasteiger partial charge on any atom is -0.508 e. The number of benzene rings is 1. The minimum absolute atomic E-state index is 0.0155. The van der Waals surface area contributed by atoms with Gasteiger partial charge in [0.15, 0.2) is 5.79 Å². The third-order valence-corrected chi connectivity index (χ3v) is 10.5. The molecule has 5 N–H and O–H groups in total. The van der Waals surface area contributed by atoms with Crippen LogP contribution in [0.4, 0.5) is 0 Å². The molecule has 9 atom stereocenters. The molecule has 5 bridgehead atoms. The van der Waals surface area contributed by atoms with E-state index in [0.717, 1.165) is 0 Å². The molecule has 4 aliphatic heterocycles. The molecule has 3 saturated heterocycles. The van der Waals surface area contributed by atoms with Gasteiger partial charge in [0.2, 0.25) is 11.8 Å². The number of aromatic hydroxyl groups is 1. The quantitative estimate of drug-likeness (QED) is 0.225. The fraction of sp³-hybridized carbons (Fsp3) is 0.590. The number of aliphatic hydroxyl groups excluding tert-OH is 1. The number of cyclic esters (lactones) is 1. The van der Waals surface area contributed by atoms with E-state index < -0.39 is 59.8 Å². The number of rotatable bonds is 5. The molecule has 0 saturated carbocycles. The van der Waals surface area contributed by atoms with E-state index >= 15 is 0 Å². The maximum Gasteiger partial charge on any atom is 0.325 e. The zero-order valence-electron chi connectivity index (χ0n) is 30.7. The largest absolute Gasteiger partial charge is 0.508 e. The molecular formula is C39H54N4O9. The van der Waals surface area contributed by atoms with Crippen LogP contribution in [0.1, 0.15) is 72.3 Å². The zero-order valence-corrected chi connectivity index (χ0v) is 30.7. The molecular weight excluding hydrogens is 668 g/mol. The molecule has 284 valence electrons. The Hall–Kier alpha value is -4.04. The summed E-state index contributed by atoms with van der Waals surface area (Å²) in [6, 6.07) is 3.56. The van der Waals surface area contributed by atoms with Crippen LogP contribution in [0.3, 0.4) is 0 Å². The van der Waals surface area contributed by atoms with Gasteiger partial charge in [-0.05, 0) is 62.3 Å². The van der Waals surface area contributed by atoms with Crippen molar-refractivity contribution in [3.05, 3.63) is 65.8 Å². The summed E-state index contributed by atoms with van der Waals surface area (Å²) >= 11 is 0. The number of carbonyl (C=O) groups excluding carboxylic acids is 4. The topological polar surface area (TPSA) is 176 Å². The summed E-state index contributed by atoms with van der Waals surface area (Å²) in [5, 5.41) is 26.9. The van der Waals surface area contributed by atoms with Gasteiger partial charge in [-0.15, -0.1) is 0 Å². The van der Waals surface area contributed by atoms with Gasteiger partial charge in [0.1, 0.15) is 30.0 Å². The number of esters is 1. The second kappa shape index (κ2) is 17.2. The first-order valence-corrected chi connectivity index (χ1v) is 18.4. The van der Waals surface area contributed by atoms with Crippen molar-refractivity contribution in [2.75, 3.05) is 13.2 Å². The first-order valence-electron chi connectivity index (χ1n) is 18.4. The Kier molecular flexibility index (Phi) is 13.0. The highest BCUT2D eigenvalue weighted by molar-refractivity contribution is 5.93. The van der Waals surface area contributed by atoms with Gasteiger partial charge in [-0.1, -0.05) is 63.3 Å². The van der Waals surface area contributed by atoms with Crippen molar-refractivity contribution < 1.29 is 43.6 Å². The molecule has 0 aromatic heterocycles. The van der Waals surface area contributed by atoms with Gasteiger partial charge in [-0.2, -0.15) is 0 Å². The molecule has 3 fully saturated rings. The Labute approximate surface area is 305 Å². The lowest BCUT2D eigenvalue weighted by Crippen LogP contribution is -2.63. The summed E-state index contributed by atoms with van der Waals surface area (Å²) < 4.78 is 18.7. The van der Waals surface area contributed by atoms with Crippen molar-refractivity contribution >= 4 is 23.7 Å². The van der Waals surface area contributed by atoms with Crippen LogP contribution in [-0.4, -0.2) is 94.3 Å². The standard InChI is InChI=1S/C39H54N4O9/c1-23(2)33-36(47)40-30(22-26-11-9-12-27(45)21-26)37(48)43-19-10-13-29(42-43)38(49)50-31(24(3)17-20-44)14-7-6-8-15-32-25(4)34-28(35(46)41-33)16-18-39(5,51-32)52-34/h6-9,11-12,15,17,21,23,25,28-34,42,44-45H,10,13-14,16,18-20,22H2,1-5H3,(H,40,47)(H,41,46). The van der Waals surface area contributed by atoms with Crippen molar-refractivity contribution in [3.8, 4) is 5.75 Å². The summed E-state index contributed by atoms with van der Waals surface area (Å²) in [7, 11) is 0. The maximum atomic E-state index is 14.2. The molecule has 1 aromatic carbocycles. The minimum atomic E-state index is -1.10. The lowest BCUT2D eigenvalue weighted by atomic mass is 9.79. The van der Waals surface area contributed by atoms with Gasteiger partial charge in [-0.3, -0.25) is 24.2 Å². The highest BCUT2D eigenvalue weighted by atomic mass is 16.7. The third kappa shape index (κ3) is 9.49. The summed E-state index contributed by atoms with van der Waals surface area (Å²) in [5.41, 5.74) is 4.32. The Morgan fingerprint density at radius 1 is 1.10 bits per heavy atom. The van der Waals surface area contributed by atoms with Gasteiger partial charge in [0.05, 0.1) is 24.7 Å². The Balaban J connectivity index is 1.49. The van der Waals surface area contributed by atoms with Crippen LogP contribution in [0, 0.1) is 17.8 Å². The van der Waals surface area contributed by atoms with Gasteiger partial charge >= 0.3 is 5.97 Å². The number of aliphatic hydroxyl groups is 1. The van der Waals surface area contributed by atoms with E-state index in [-0.39, 0.29) is 49.2 Å². The third-order valence-electron chi connectivity index (χ3n) is 10.5. The van der Waals surface area contributed by atoms with Crippen LogP contribution in [-0.2, 0) is 39.8 Å². The summed E-state index contributed by atoms with van der Waals surface area (Å²) in [5.74, 6) is -3.74. The second-order valence-corrected chi connectivity index (χ2v) is 14.9. The van der Waals surface area contributed by atoms with Gasteiger partial charge < -0.3 is 35.1 Å². The number of amides is 3. The van der Waals surface area contributed by atoms with Crippen molar-refractivity contribution in [2.24, 2.45) is 17.8 Å². The number of hydrazine groups is 1. The molecule has 0 radical (unpaired) electrons. The predicted octanol–water partition coefficient (Wildman–Crippen LogP) is 2.97. The van der Waals surface area contributed by atoms with E-state index in [1.165, 1.54) is 17.1 Å². The van der Waals surface area contributed by atoms with Crippen molar-refractivity contribution in [1.29, 1.82) is 0 Å². The highest BCUT2D eigenvalue weighted by Gasteiger charge is 2.51. The summed E-state index contributed by atoms with van der Waals surface area (Å²) in [4.78, 5) is 55.8. The van der Waals surface area contributed by atoms with Crippen molar-refractivity contribution in [1.82, 2.24) is 21.1 Å². The van der Waals surface area contributed by atoms with Crippen molar-refractivity contribution in [3.63, 3.8) is 0 Å².